The maximum atomic E-state index is 11.2. The monoisotopic (exact) mass is 765 g/mol. The largest absolute Gasteiger partial charge is 0.394 e. The summed E-state index contributed by atoms with van der Waals surface area (Å²) < 4.78 is 6.71. The topological polar surface area (TPSA) is 49.7 Å². The molecule has 0 bridgehead atoms. The van der Waals surface area contributed by atoms with E-state index in [1.165, 1.54) is 250 Å². The Balaban J connectivity index is 4.45. The van der Waals surface area contributed by atoms with E-state index < -0.39 is 11.7 Å². The minimum absolute atomic E-state index is 0.185. The number of aliphatic hydroxyl groups excluding tert-OH is 2. The molecule has 0 aromatic carbocycles. The van der Waals surface area contributed by atoms with Crippen molar-refractivity contribution < 1.29 is 14.9 Å². The van der Waals surface area contributed by atoms with Gasteiger partial charge in [0.1, 0.15) is 6.10 Å². The maximum absolute atomic E-state index is 11.2. The molecule has 0 aliphatic carbocycles. The molecule has 0 aliphatic rings. The van der Waals surface area contributed by atoms with Gasteiger partial charge in [0.05, 0.1) is 12.2 Å². The van der Waals surface area contributed by atoms with Crippen LogP contribution in [0, 0.1) is 0 Å². The van der Waals surface area contributed by atoms with Gasteiger partial charge in [0.2, 0.25) is 0 Å². The Kier molecular flexibility index (Phi) is 45.5. The van der Waals surface area contributed by atoms with Crippen LogP contribution in [0.15, 0.2) is 0 Å². The second-order valence-electron chi connectivity index (χ2n) is 17.9. The number of hydrogen-bond acceptors (Lipinski definition) is 3. The summed E-state index contributed by atoms with van der Waals surface area (Å²) in [6, 6.07) is 0. The van der Waals surface area contributed by atoms with Crippen molar-refractivity contribution in [1.29, 1.82) is 0 Å². The smallest absolute Gasteiger partial charge is 0.106 e. The molecule has 3 heteroatoms. The molecule has 0 spiro atoms. The molecule has 54 heavy (non-hydrogen) atoms. The van der Waals surface area contributed by atoms with E-state index in [0.717, 1.165) is 38.7 Å². The van der Waals surface area contributed by atoms with E-state index in [4.69, 9.17) is 4.74 Å². The van der Waals surface area contributed by atoms with Gasteiger partial charge in [0.25, 0.3) is 0 Å². The van der Waals surface area contributed by atoms with Crippen LogP contribution in [0.2, 0.25) is 0 Å². The normalized spacial score (nSPS) is 12.6. The first-order valence-electron chi connectivity index (χ1n) is 25.6. The number of unbranched alkanes of at least 4 members (excludes halogenated alkanes) is 39. The molecule has 2 N–H and O–H groups in total. The van der Waals surface area contributed by atoms with Gasteiger partial charge in [-0.3, -0.25) is 0 Å². The van der Waals surface area contributed by atoms with E-state index in [1.54, 1.807) is 0 Å². The van der Waals surface area contributed by atoms with E-state index in [-0.39, 0.29) is 6.61 Å². The first-order valence-corrected chi connectivity index (χ1v) is 25.6. The van der Waals surface area contributed by atoms with Crippen molar-refractivity contribution >= 4 is 0 Å². The molecule has 0 aromatic rings. The van der Waals surface area contributed by atoms with E-state index in [0.29, 0.717) is 0 Å². The number of hydrogen-bond donors (Lipinski definition) is 2. The summed E-state index contributed by atoms with van der Waals surface area (Å²) in [7, 11) is 0. The van der Waals surface area contributed by atoms with Crippen molar-refractivity contribution in [2.75, 3.05) is 13.2 Å². The first-order chi connectivity index (χ1) is 26.7. The predicted octanol–water partition coefficient (Wildman–Crippen LogP) is 17.3. The lowest BCUT2D eigenvalue weighted by molar-refractivity contribution is -0.148. The molecule has 3 nitrogen and oxygen atoms in total. The van der Waals surface area contributed by atoms with Crippen LogP contribution >= 0.6 is 0 Å². The lowest BCUT2D eigenvalue weighted by atomic mass is 9.84. The van der Waals surface area contributed by atoms with Crippen molar-refractivity contribution in [3.63, 3.8) is 0 Å². The SMILES string of the molecule is CCCCCCCCCCCCCCCCOC(CCCCCCCCCCCCCCCC)(CCCCCCCCCCCCCCCC)C(O)CO. The fourth-order valence-electron chi connectivity index (χ4n) is 8.67. The Morgan fingerprint density at radius 1 is 0.315 bits per heavy atom. The molecule has 0 heterocycles. The van der Waals surface area contributed by atoms with Gasteiger partial charge in [-0.15, -0.1) is 0 Å². The van der Waals surface area contributed by atoms with E-state index in [1.807, 2.05) is 0 Å². The Morgan fingerprint density at radius 3 is 0.741 bits per heavy atom. The highest BCUT2D eigenvalue weighted by atomic mass is 16.5. The van der Waals surface area contributed by atoms with Crippen LogP contribution in [0.5, 0.6) is 0 Å². The van der Waals surface area contributed by atoms with Crippen LogP contribution in [0.1, 0.15) is 303 Å². The minimum Gasteiger partial charge on any atom is -0.394 e. The molecule has 0 saturated carbocycles. The molecule has 0 amide bonds. The van der Waals surface area contributed by atoms with Gasteiger partial charge in [-0.25, -0.2) is 0 Å². The van der Waals surface area contributed by atoms with Crippen molar-refractivity contribution in [3.8, 4) is 0 Å². The molecule has 0 aliphatic heterocycles. The summed E-state index contributed by atoms with van der Waals surface area (Å²) in [4.78, 5) is 0. The second kappa shape index (κ2) is 45.6. The summed E-state index contributed by atoms with van der Waals surface area (Å²) in [5.41, 5.74) is -0.570. The Labute approximate surface area is 342 Å². The van der Waals surface area contributed by atoms with Crippen molar-refractivity contribution in [3.05, 3.63) is 0 Å². The molecule has 0 rings (SSSR count). The third kappa shape index (κ3) is 37.5. The third-order valence-electron chi connectivity index (χ3n) is 12.6. The fourth-order valence-corrected chi connectivity index (χ4v) is 8.67. The standard InChI is InChI=1S/C51H104O3/c1-4-7-10-13-16-19-22-25-28-31-34-37-40-43-46-51(50(53)49-52,47-44-41-38-35-32-29-26-23-20-17-14-11-8-5-2)54-48-45-42-39-36-33-30-27-24-21-18-15-12-9-6-3/h50,52-53H,4-49H2,1-3H3. The molecular weight excluding hydrogens is 661 g/mol. The zero-order valence-corrected chi connectivity index (χ0v) is 37.9. The lowest BCUT2D eigenvalue weighted by Crippen LogP contribution is -2.47. The quantitative estimate of drug-likeness (QED) is 0.0607. The highest BCUT2D eigenvalue weighted by Gasteiger charge is 2.37. The van der Waals surface area contributed by atoms with Gasteiger partial charge in [-0.05, 0) is 19.3 Å². The van der Waals surface area contributed by atoms with Crippen LogP contribution < -0.4 is 0 Å². The van der Waals surface area contributed by atoms with Crippen LogP contribution in [0.25, 0.3) is 0 Å². The summed E-state index contributed by atoms with van der Waals surface area (Å²) in [6.07, 6.45) is 58.1. The zero-order chi connectivity index (χ0) is 39.3. The average Bonchev–Trinajstić information content (AvgIpc) is 3.18. The van der Waals surface area contributed by atoms with Crippen molar-refractivity contribution in [2.24, 2.45) is 0 Å². The Morgan fingerprint density at radius 2 is 0.519 bits per heavy atom. The summed E-state index contributed by atoms with van der Waals surface area (Å²) in [5, 5.41) is 21.4. The molecule has 0 fully saturated rings. The maximum Gasteiger partial charge on any atom is 0.106 e. The average molecular weight is 765 g/mol. The molecule has 0 aromatic heterocycles. The Bertz CT molecular complexity index is 633. The summed E-state index contributed by atoms with van der Waals surface area (Å²) >= 11 is 0. The molecule has 326 valence electrons. The highest BCUT2D eigenvalue weighted by Crippen LogP contribution is 2.32. The molecule has 1 atom stereocenters. The minimum atomic E-state index is -0.770. The van der Waals surface area contributed by atoms with E-state index in [2.05, 4.69) is 20.8 Å². The number of rotatable bonds is 48. The van der Waals surface area contributed by atoms with Gasteiger partial charge in [-0.2, -0.15) is 0 Å². The zero-order valence-electron chi connectivity index (χ0n) is 37.9. The van der Waals surface area contributed by atoms with Gasteiger partial charge in [0.15, 0.2) is 0 Å². The van der Waals surface area contributed by atoms with Crippen molar-refractivity contribution in [1.82, 2.24) is 0 Å². The molecule has 0 saturated heterocycles. The predicted molar refractivity (Wildman–Crippen MR) is 242 cm³/mol. The van der Waals surface area contributed by atoms with Crippen molar-refractivity contribution in [2.45, 2.75) is 315 Å². The van der Waals surface area contributed by atoms with Crippen LogP contribution in [-0.2, 0) is 4.74 Å². The van der Waals surface area contributed by atoms with E-state index in [9.17, 15) is 10.2 Å². The third-order valence-corrected chi connectivity index (χ3v) is 12.6. The van der Waals surface area contributed by atoms with Gasteiger partial charge in [-0.1, -0.05) is 284 Å². The highest BCUT2D eigenvalue weighted by molar-refractivity contribution is 4.89. The Hall–Kier alpha value is -0.120. The number of aliphatic hydroxyl groups is 2. The summed E-state index contributed by atoms with van der Waals surface area (Å²) in [6.45, 7) is 7.44. The summed E-state index contributed by atoms with van der Waals surface area (Å²) in [5.74, 6) is 0. The number of ether oxygens (including phenoxy) is 1. The van der Waals surface area contributed by atoms with Gasteiger partial charge in [0, 0.05) is 6.61 Å². The molecular formula is C51H104O3. The molecule has 0 radical (unpaired) electrons. The van der Waals surface area contributed by atoms with Gasteiger partial charge >= 0.3 is 0 Å². The van der Waals surface area contributed by atoms with Crippen LogP contribution in [0.4, 0.5) is 0 Å². The van der Waals surface area contributed by atoms with Gasteiger partial charge < -0.3 is 14.9 Å². The fraction of sp³-hybridized carbons (Fsp3) is 1.00. The van der Waals surface area contributed by atoms with Crippen LogP contribution in [-0.4, -0.2) is 35.1 Å². The van der Waals surface area contributed by atoms with Crippen LogP contribution in [0.3, 0.4) is 0 Å². The first kappa shape index (κ1) is 53.9. The lowest BCUT2D eigenvalue weighted by Gasteiger charge is -2.38. The molecule has 1 unspecified atom stereocenters. The second-order valence-corrected chi connectivity index (χ2v) is 17.9. The van der Waals surface area contributed by atoms with E-state index >= 15 is 0 Å².